The lowest BCUT2D eigenvalue weighted by molar-refractivity contribution is -0.136. The molecule has 3 nitrogen and oxygen atoms in total. The Kier molecular flexibility index (Phi) is 3.30. The summed E-state index contributed by atoms with van der Waals surface area (Å²) in [5.41, 5.74) is -1.50. The SMILES string of the molecule is [B]c1cc(C(F)(F)F)c2oc(C(=O)OCC)cc2c1. The molecule has 0 aliphatic rings. The number of hydrogen-bond donors (Lipinski definition) is 0. The van der Waals surface area contributed by atoms with Gasteiger partial charge in [0.1, 0.15) is 13.4 Å². The average molecular weight is 268 g/mol. The molecule has 0 saturated heterocycles. The van der Waals surface area contributed by atoms with E-state index < -0.39 is 23.3 Å². The van der Waals surface area contributed by atoms with Crippen molar-refractivity contribution in [2.45, 2.75) is 13.1 Å². The molecule has 98 valence electrons. The lowest BCUT2D eigenvalue weighted by Gasteiger charge is -2.08. The van der Waals surface area contributed by atoms with E-state index in [1.807, 2.05) is 0 Å². The molecule has 0 fully saturated rings. The molecule has 1 aromatic heterocycles. The first kappa shape index (κ1) is 13.5. The van der Waals surface area contributed by atoms with Crippen LogP contribution in [0.2, 0.25) is 0 Å². The Bertz CT molecular complexity index is 631. The van der Waals surface area contributed by atoms with Gasteiger partial charge in [-0.1, -0.05) is 17.6 Å². The number of rotatable bonds is 2. The van der Waals surface area contributed by atoms with Crippen LogP contribution < -0.4 is 5.46 Å². The highest BCUT2D eigenvalue weighted by atomic mass is 19.4. The minimum absolute atomic E-state index is 0.0592. The molecule has 0 amide bonds. The molecule has 0 atom stereocenters. The first-order valence-corrected chi connectivity index (χ1v) is 5.40. The van der Waals surface area contributed by atoms with Gasteiger partial charge in [0.2, 0.25) is 5.76 Å². The van der Waals surface area contributed by atoms with Crippen molar-refractivity contribution in [2.24, 2.45) is 0 Å². The second-order valence-corrected chi connectivity index (χ2v) is 3.82. The Morgan fingerprint density at radius 2 is 2.05 bits per heavy atom. The average Bonchev–Trinajstić information content (AvgIpc) is 2.70. The number of hydrogen-bond acceptors (Lipinski definition) is 3. The molecular weight excluding hydrogens is 260 g/mol. The van der Waals surface area contributed by atoms with E-state index in [4.69, 9.17) is 12.3 Å². The van der Waals surface area contributed by atoms with Crippen LogP contribution in [0.5, 0.6) is 0 Å². The van der Waals surface area contributed by atoms with Gasteiger partial charge in [0.15, 0.2) is 0 Å². The topological polar surface area (TPSA) is 39.4 Å². The Hall–Kier alpha value is -1.92. The molecule has 0 aliphatic carbocycles. The number of fused-ring (bicyclic) bond motifs is 1. The lowest BCUT2D eigenvalue weighted by Crippen LogP contribution is -2.11. The highest BCUT2D eigenvalue weighted by Gasteiger charge is 2.35. The van der Waals surface area contributed by atoms with Crippen molar-refractivity contribution in [3.8, 4) is 0 Å². The molecule has 0 spiro atoms. The van der Waals surface area contributed by atoms with Gasteiger partial charge in [-0.25, -0.2) is 4.79 Å². The van der Waals surface area contributed by atoms with Crippen LogP contribution in [0.1, 0.15) is 23.0 Å². The molecule has 0 saturated carbocycles. The van der Waals surface area contributed by atoms with Crippen molar-refractivity contribution in [1.29, 1.82) is 0 Å². The number of benzene rings is 1. The molecule has 19 heavy (non-hydrogen) atoms. The second kappa shape index (κ2) is 4.64. The fraction of sp³-hybridized carbons (Fsp3) is 0.250. The van der Waals surface area contributed by atoms with Crippen LogP contribution in [0, 0.1) is 0 Å². The van der Waals surface area contributed by atoms with Gasteiger partial charge < -0.3 is 9.15 Å². The Morgan fingerprint density at radius 3 is 2.63 bits per heavy atom. The maximum absolute atomic E-state index is 12.8. The molecular formula is C12H8BF3O3. The fourth-order valence-electron chi connectivity index (χ4n) is 1.69. The zero-order chi connectivity index (χ0) is 14.2. The number of esters is 1. The summed E-state index contributed by atoms with van der Waals surface area (Å²) in [7, 11) is 5.41. The minimum atomic E-state index is -4.61. The van der Waals surface area contributed by atoms with Crippen molar-refractivity contribution in [3.63, 3.8) is 0 Å². The van der Waals surface area contributed by atoms with Crippen LogP contribution >= 0.6 is 0 Å². The van der Waals surface area contributed by atoms with E-state index in [0.717, 1.165) is 6.07 Å². The smallest absolute Gasteiger partial charge is 0.419 e. The van der Waals surface area contributed by atoms with Crippen molar-refractivity contribution >= 4 is 30.2 Å². The summed E-state index contributed by atoms with van der Waals surface area (Å²) in [5.74, 6) is -1.10. The van der Waals surface area contributed by atoms with Crippen LogP contribution in [0.3, 0.4) is 0 Å². The summed E-state index contributed by atoms with van der Waals surface area (Å²) >= 11 is 0. The summed E-state index contributed by atoms with van der Waals surface area (Å²) < 4.78 is 48.1. The quantitative estimate of drug-likeness (QED) is 0.620. The van der Waals surface area contributed by atoms with E-state index in [9.17, 15) is 18.0 Å². The van der Waals surface area contributed by atoms with Crippen molar-refractivity contribution in [1.82, 2.24) is 0 Å². The van der Waals surface area contributed by atoms with Gasteiger partial charge in [0, 0.05) is 5.39 Å². The largest absolute Gasteiger partial charge is 0.460 e. The Balaban J connectivity index is 2.62. The van der Waals surface area contributed by atoms with Gasteiger partial charge in [0.05, 0.1) is 12.2 Å². The first-order chi connectivity index (χ1) is 8.82. The minimum Gasteiger partial charge on any atom is -0.460 e. The molecule has 0 aliphatic heterocycles. The zero-order valence-corrected chi connectivity index (χ0v) is 9.88. The van der Waals surface area contributed by atoms with Gasteiger partial charge >= 0.3 is 12.1 Å². The zero-order valence-electron chi connectivity index (χ0n) is 9.88. The fourth-order valence-corrected chi connectivity index (χ4v) is 1.69. The van der Waals surface area contributed by atoms with Crippen molar-refractivity contribution in [2.75, 3.05) is 6.61 Å². The highest BCUT2D eigenvalue weighted by Crippen LogP contribution is 2.35. The van der Waals surface area contributed by atoms with E-state index in [0.29, 0.717) is 0 Å². The molecule has 0 unspecified atom stereocenters. The van der Waals surface area contributed by atoms with Crippen LogP contribution in [0.25, 0.3) is 11.0 Å². The van der Waals surface area contributed by atoms with Gasteiger partial charge in [-0.2, -0.15) is 13.2 Å². The lowest BCUT2D eigenvalue weighted by atomic mass is 9.92. The summed E-state index contributed by atoms with van der Waals surface area (Å²) in [6.45, 7) is 1.68. The Morgan fingerprint density at radius 1 is 1.37 bits per heavy atom. The molecule has 0 bridgehead atoms. The van der Waals surface area contributed by atoms with E-state index >= 15 is 0 Å². The van der Waals surface area contributed by atoms with Gasteiger partial charge in [-0.3, -0.25) is 0 Å². The third kappa shape index (κ3) is 2.59. The molecule has 2 radical (unpaired) electrons. The molecule has 1 aromatic carbocycles. The van der Waals surface area contributed by atoms with Crippen LogP contribution in [0.15, 0.2) is 22.6 Å². The summed E-state index contributed by atoms with van der Waals surface area (Å²) in [6.07, 6.45) is -4.61. The third-order valence-electron chi connectivity index (χ3n) is 2.42. The van der Waals surface area contributed by atoms with Crippen LogP contribution in [-0.2, 0) is 10.9 Å². The number of furan rings is 1. The van der Waals surface area contributed by atoms with Gasteiger partial charge in [-0.05, 0) is 13.0 Å². The van der Waals surface area contributed by atoms with Gasteiger partial charge in [-0.15, -0.1) is 0 Å². The maximum Gasteiger partial charge on any atom is 0.419 e. The second-order valence-electron chi connectivity index (χ2n) is 3.82. The van der Waals surface area contributed by atoms with Crippen LogP contribution in [-0.4, -0.2) is 20.4 Å². The number of carbonyl (C=O) groups excluding carboxylic acids is 1. The molecule has 2 rings (SSSR count). The van der Waals surface area contributed by atoms with E-state index in [-0.39, 0.29) is 23.2 Å². The third-order valence-corrected chi connectivity index (χ3v) is 2.42. The van der Waals surface area contributed by atoms with Crippen LogP contribution in [0.4, 0.5) is 13.2 Å². The van der Waals surface area contributed by atoms with Crippen molar-refractivity contribution < 1.29 is 27.1 Å². The Labute approximate surface area is 107 Å². The number of halogens is 3. The summed E-state index contributed by atoms with van der Waals surface area (Å²) in [4.78, 5) is 11.4. The molecule has 7 heteroatoms. The molecule has 2 aromatic rings. The standard InChI is InChI=1S/C12H8BF3O3/c1-2-18-11(17)9-4-6-3-7(13)5-8(10(6)19-9)12(14,15)16/h3-5H,2H2,1H3. The van der Waals surface area contributed by atoms with Gasteiger partial charge in [0.25, 0.3) is 0 Å². The van der Waals surface area contributed by atoms with E-state index in [2.05, 4.69) is 4.74 Å². The molecule has 1 heterocycles. The molecule has 0 N–H and O–H groups in total. The first-order valence-electron chi connectivity index (χ1n) is 5.40. The maximum atomic E-state index is 12.8. The predicted octanol–water partition coefficient (Wildman–Crippen LogP) is 2.42. The highest BCUT2D eigenvalue weighted by molar-refractivity contribution is 6.33. The number of alkyl halides is 3. The monoisotopic (exact) mass is 268 g/mol. The number of carbonyl (C=O) groups is 1. The predicted molar refractivity (Wildman–Crippen MR) is 62.6 cm³/mol. The summed E-state index contributed by atoms with van der Waals surface area (Å²) in [5, 5.41) is 0.107. The number of ether oxygens (including phenoxy) is 1. The van der Waals surface area contributed by atoms with Crippen molar-refractivity contribution in [3.05, 3.63) is 29.5 Å². The summed E-state index contributed by atoms with van der Waals surface area (Å²) in [6, 6.07) is 3.25. The normalized spacial score (nSPS) is 11.8. The van der Waals surface area contributed by atoms with E-state index in [1.54, 1.807) is 6.92 Å². The van der Waals surface area contributed by atoms with E-state index in [1.165, 1.54) is 12.1 Å².